The summed E-state index contributed by atoms with van der Waals surface area (Å²) >= 11 is 0. The molecule has 0 bridgehead atoms. The Morgan fingerprint density at radius 2 is 1.74 bits per heavy atom. The second-order valence-electron chi connectivity index (χ2n) is 6.45. The van der Waals surface area contributed by atoms with Crippen molar-refractivity contribution >= 4 is 5.78 Å². The summed E-state index contributed by atoms with van der Waals surface area (Å²) in [4.78, 5) is 12.7. The number of ketones is 1. The van der Waals surface area contributed by atoms with Crippen LogP contribution in [0.1, 0.15) is 27.0 Å². The molecule has 0 heterocycles. The number of carbonyl (C=O) groups is 1. The standard InChI is InChI=1S/C22H17F3O2/c1-12-8-17(14-4-3-5-15(23)10-14)22(25)18(9-12)21(27)11-16-13(2)20(26)7-6-19(16)24/h3-10,26H,11H2,1-2H3. The minimum absolute atomic E-state index is 0.0215. The van der Waals surface area contributed by atoms with Gasteiger partial charge in [0.05, 0.1) is 5.56 Å². The van der Waals surface area contributed by atoms with Crippen molar-refractivity contribution < 1.29 is 23.1 Å². The van der Waals surface area contributed by atoms with Crippen LogP contribution in [0, 0.1) is 31.3 Å². The molecule has 0 spiro atoms. The lowest BCUT2D eigenvalue weighted by Gasteiger charge is -2.12. The Balaban J connectivity index is 2.05. The molecule has 0 saturated heterocycles. The number of halogens is 3. The molecule has 0 fully saturated rings. The average Bonchev–Trinajstić information content (AvgIpc) is 2.63. The lowest BCUT2D eigenvalue weighted by atomic mass is 9.93. The molecule has 5 heteroatoms. The molecule has 0 saturated carbocycles. The molecule has 3 aromatic rings. The van der Waals surface area contributed by atoms with Gasteiger partial charge in [0, 0.05) is 17.5 Å². The highest BCUT2D eigenvalue weighted by atomic mass is 19.1. The molecule has 0 unspecified atom stereocenters. The van der Waals surface area contributed by atoms with E-state index in [1.807, 2.05) is 0 Å². The van der Waals surface area contributed by atoms with Gasteiger partial charge in [-0.2, -0.15) is 0 Å². The van der Waals surface area contributed by atoms with Crippen LogP contribution in [0.25, 0.3) is 11.1 Å². The zero-order valence-electron chi connectivity index (χ0n) is 14.8. The SMILES string of the molecule is Cc1cc(C(=O)Cc2c(F)ccc(O)c2C)c(F)c(-c2cccc(F)c2)c1. The van der Waals surface area contributed by atoms with Crippen LogP contribution in [0.5, 0.6) is 5.75 Å². The van der Waals surface area contributed by atoms with Crippen LogP contribution >= 0.6 is 0 Å². The van der Waals surface area contributed by atoms with Crippen molar-refractivity contribution in [1.29, 1.82) is 0 Å². The van der Waals surface area contributed by atoms with E-state index in [1.54, 1.807) is 13.0 Å². The largest absolute Gasteiger partial charge is 0.508 e. The van der Waals surface area contributed by atoms with Crippen LogP contribution in [-0.4, -0.2) is 10.9 Å². The van der Waals surface area contributed by atoms with E-state index in [9.17, 15) is 18.7 Å². The molecule has 2 nitrogen and oxygen atoms in total. The van der Waals surface area contributed by atoms with Crippen molar-refractivity contribution in [3.05, 3.63) is 88.2 Å². The number of Topliss-reactive ketones (excluding diaryl/α,β-unsaturated/α-hetero) is 1. The Morgan fingerprint density at radius 3 is 2.44 bits per heavy atom. The Labute approximate surface area is 154 Å². The van der Waals surface area contributed by atoms with Gasteiger partial charge in [-0.05, 0) is 66.9 Å². The minimum Gasteiger partial charge on any atom is -0.508 e. The Kier molecular flexibility index (Phi) is 5.04. The average molecular weight is 370 g/mol. The summed E-state index contributed by atoms with van der Waals surface area (Å²) in [6.07, 6.45) is -0.394. The monoisotopic (exact) mass is 370 g/mol. The zero-order valence-corrected chi connectivity index (χ0v) is 14.8. The summed E-state index contributed by atoms with van der Waals surface area (Å²) < 4.78 is 42.6. The summed E-state index contributed by atoms with van der Waals surface area (Å²) in [7, 11) is 0. The van der Waals surface area contributed by atoms with Crippen molar-refractivity contribution in [1.82, 2.24) is 0 Å². The molecule has 27 heavy (non-hydrogen) atoms. The molecule has 3 rings (SSSR count). The topological polar surface area (TPSA) is 37.3 Å². The highest BCUT2D eigenvalue weighted by molar-refractivity contribution is 5.99. The third-order valence-electron chi connectivity index (χ3n) is 4.50. The molecule has 0 aromatic heterocycles. The molecule has 0 atom stereocenters. The molecule has 0 aliphatic rings. The molecular weight excluding hydrogens is 353 g/mol. The quantitative estimate of drug-likeness (QED) is 0.614. The third kappa shape index (κ3) is 3.72. The highest BCUT2D eigenvalue weighted by Crippen LogP contribution is 2.29. The van der Waals surface area contributed by atoms with Gasteiger partial charge < -0.3 is 5.11 Å². The summed E-state index contributed by atoms with van der Waals surface area (Å²) in [6, 6.07) is 10.6. The van der Waals surface area contributed by atoms with E-state index >= 15 is 4.39 Å². The van der Waals surface area contributed by atoms with E-state index in [2.05, 4.69) is 0 Å². The summed E-state index contributed by atoms with van der Waals surface area (Å²) in [5.41, 5.74) is 1.09. The van der Waals surface area contributed by atoms with Gasteiger partial charge in [0.15, 0.2) is 5.78 Å². The second kappa shape index (κ2) is 7.27. The third-order valence-corrected chi connectivity index (χ3v) is 4.50. The fraction of sp³-hybridized carbons (Fsp3) is 0.136. The molecule has 0 aliphatic carbocycles. The van der Waals surface area contributed by atoms with Crippen LogP contribution in [0.3, 0.4) is 0 Å². The van der Waals surface area contributed by atoms with Crippen molar-refractivity contribution in [2.24, 2.45) is 0 Å². The van der Waals surface area contributed by atoms with Gasteiger partial charge in [-0.1, -0.05) is 12.1 Å². The highest BCUT2D eigenvalue weighted by Gasteiger charge is 2.20. The van der Waals surface area contributed by atoms with E-state index in [-0.39, 0.29) is 28.0 Å². The Morgan fingerprint density at radius 1 is 1.00 bits per heavy atom. The first kappa shape index (κ1) is 18.7. The Bertz CT molecular complexity index is 1040. The number of aromatic hydroxyl groups is 1. The van der Waals surface area contributed by atoms with Gasteiger partial charge in [0.25, 0.3) is 0 Å². The molecule has 138 valence electrons. The van der Waals surface area contributed by atoms with Crippen molar-refractivity contribution in [2.45, 2.75) is 20.3 Å². The van der Waals surface area contributed by atoms with E-state index < -0.39 is 29.7 Å². The van der Waals surface area contributed by atoms with Crippen LogP contribution < -0.4 is 0 Å². The van der Waals surface area contributed by atoms with Crippen LogP contribution in [0.2, 0.25) is 0 Å². The second-order valence-corrected chi connectivity index (χ2v) is 6.45. The molecule has 0 amide bonds. The van der Waals surface area contributed by atoms with Crippen LogP contribution in [-0.2, 0) is 6.42 Å². The predicted octanol–water partition coefficient (Wildman–Crippen LogP) is 5.52. The number of benzene rings is 3. The van der Waals surface area contributed by atoms with Crippen molar-refractivity contribution in [3.63, 3.8) is 0 Å². The number of hydrogen-bond acceptors (Lipinski definition) is 2. The zero-order chi connectivity index (χ0) is 19.7. The first-order valence-electron chi connectivity index (χ1n) is 8.34. The van der Waals surface area contributed by atoms with Crippen molar-refractivity contribution in [2.75, 3.05) is 0 Å². The molecule has 3 aromatic carbocycles. The van der Waals surface area contributed by atoms with E-state index in [1.165, 1.54) is 43.3 Å². The normalized spacial score (nSPS) is 10.9. The predicted molar refractivity (Wildman–Crippen MR) is 97.4 cm³/mol. The number of phenolic OH excluding ortho intramolecular Hbond substituents is 1. The van der Waals surface area contributed by atoms with Gasteiger partial charge in [-0.15, -0.1) is 0 Å². The lowest BCUT2D eigenvalue weighted by Crippen LogP contribution is -2.10. The minimum atomic E-state index is -0.783. The number of aryl methyl sites for hydroxylation is 1. The van der Waals surface area contributed by atoms with E-state index in [0.29, 0.717) is 11.1 Å². The maximum absolute atomic E-state index is 15.0. The summed E-state index contributed by atoms with van der Waals surface area (Å²) in [5.74, 6) is -2.70. The molecule has 1 N–H and O–H groups in total. The van der Waals surface area contributed by atoms with Crippen LogP contribution in [0.15, 0.2) is 48.5 Å². The first-order valence-corrected chi connectivity index (χ1v) is 8.34. The van der Waals surface area contributed by atoms with Gasteiger partial charge in [-0.25, -0.2) is 13.2 Å². The van der Waals surface area contributed by atoms with E-state index in [4.69, 9.17) is 0 Å². The molecule has 0 aliphatic heterocycles. The summed E-state index contributed by atoms with van der Waals surface area (Å²) in [6.45, 7) is 3.19. The lowest BCUT2D eigenvalue weighted by molar-refractivity contribution is 0.0987. The van der Waals surface area contributed by atoms with Gasteiger partial charge >= 0.3 is 0 Å². The maximum Gasteiger partial charge on any atom is 0.170 e. The first-order chi connectivity index (χ1) is 12.8. The summed E-state index contributed by atoms with van der Waals surface area (Å²) in [5, 5.41) is 9.74. The fourth-order valence-electron chi connectivity index (χ4n) is 3.02. The van der Waals surface area contributed by atoms with Crippen molar-refractivity contribution in [3.8, 4) is 16.9 Å². The number of carbonyl (C=O) groups excluding carboxylic acids is 1. The molecular formula is C22H17F3O2. The van der Waals surface area contributed by atoms with Crippen LogP contribution in [0.4, 0.5) is 13.2 Å². The van der Waals surface area contributed by atoms with Gasteiger partial charge in [0.2, 0.25) is 0 Å². The van der Waals surface area contributed by atoms with Gasteiger partial charge in [0.1, 0.15) is 23.2 Å². The number of phenols is 1. The smallest absolute Gasteiger partial charge is 0.170 e. The maximum atomic E-state index is 15.0. The Hall–Kier alpha value is -3.08. The van der Waals surface area contributed by atoms with Gasteiger partial charge in [-0.3, -0.25) is 4.79 Å². The van der Waals surface area contributed by atoms with E-state index in [0.717, 1.165) is 6.07 Å². The number of hydrogen-bond donors (Lipinski definition) is 1. The fourth-order valence-corrected chi connectivity index (χ4v) is 3.02. The molecule has 0 radical (unpaired) electrons. The number of rotatable bonds is 4.